The van der Waals surface area contributed by atoms with E-state index in [9.17, 15) is 9.59 Å². The lowest BCUT2D eigenvalue weighted by Crippen LogP contribution is -2.40. The number of primary amides is 1. The van der Waals surface area contributed by atoms with E-state index >= 15 is 0 Å². The molecule has 0 aliphatic carbocycles. The molecular formula is C19H21N5O2. The topological polar surface area (TPSA) is 102 Å². The lowest BCUT2D eigenvalue weighted by molar-refractivity contribution is -0.120. The zero-order valence-electron chi connectivity index (χ0n) is 14.7. The van der Waals surface area contributed by atoms with Gasteiger partial charge in [-0.2, -0.15) is 5.10 Å². The maximum absolute atomic E-state index is 11.9. The molecule has 3 rings (SSSR count). The molecule has 0 aliphatic rings. The molecule has 0 aliphatic heterocycles. The van der Waals surface area contributed by atoms with Crippen LogP contribution in [0, 0.1) is 6.92 Å². The number of urea groups is 1. The molecule has 3 amide bonds. The van der Waals surface area contributed by atoms with Crippen LogP contribution in [-0.4, -0.2) is 28.3 Å². The molecule has 134 valence electrons. The predicted octanol–water partition coefficient (Wildman–Crippen LogP) is 2.18. The number of aromatic nitrogens is 2. The summed E-state index contributed by atoms with van der Waals surface area (Å²) < 4.78 is 1.88. The summed E-state index contributed by atoms with van der Waals surface area (Å²) in [7, 11) is 0. The first-order valence-corrected chi connectivity index (χ1v) is 8.32. The summed E-state index contributed by atoms with van der Waals surface area (Å²) in [5, 5.41) is 11.9. The number of nitrogens with zero attached hydrogens (tertiary/aromatic N) is 2. The van der Waals surface area contributed by atoms with Crippen LogP contribution in [0.1, 0.15) is 24.2 Å². The third-order valence-corrected chi connectivity index (χ3v) is 4.31. The van der Waals surface area contributed by atoms with Crippen LogP contribution in [0.5, 0.6) is 0 Å². The zero-order chi connectivity index (χ0) is 18.7. The number of rotatable bonds is 5. The predicted molar refractivity (Wildman–Crippen MR) is 100.0 cm³/mol. The Bertz CT molecular complexity index is 958. The van der Waals surface area contributed by atoms with Crippen molar-refractivity contribution in [3.05, 3.63) is 59.9 Å². The fourth-order valence-corrected chi connectivity index (χ4v) is 3.02. The molecule has 2 aromatic carbocycles. The average molecular weight is 351 g/mol. The fraction of sp³-hybridized carbons (Fsp3) is 0.211. The van der Waals surface area contributed by atoms with Crippen LogP contribution in [0.2, 0.25) is 0 Å². The molecule has 0 fully saturated rings. The molecule has 4 N–H and O–H groups in total. The first-order valence-electron chi connectivity index (χ1n) is 8.32. The molecule has 7 nitrogen and oxygen atoms in total. The third kappa shape index (κ3) is 3.51. The van der Waals surface area contributed by atoms with Crippen LogP contribution in [0.15, 0.2) is 48.7 Å². The Morgan fingerprint density at radius 3 is 2.69 bits per heavy atom. The number of nitrogens with one attached hydrogen (secondary N) is 2. The Morgan fingerprint density at radius 2 is 1.92 bits per heavy atom. The normalized spacial score (nSPS) is 11.9. The molecule has 26 heavy (non-hydrogen) atoms. The van der Waals surface area contributed by atoms with Gasteiger partial charge in [0, 0.05) is 16.6 Å². The molecule has 7 heteroatoms. The van der Waals surface area contributed by atoms with Gasteiger partial charge in [0.2, 0.25) is 5.91 Å². The van der Waals surface area contributed by atoms with E-state index in [0.29, 0.717) is 0 Å². The second kappa shape index (κ2) is 7.26. The van der Waals surface area contributed by atoms with Gasteiger partial charge in [-0.1, -0.05) is 36.4 Å². The minimum absolute atomic E-state index is 0.157. The van der Waals surface area contributed by atoms with Gasteiger partial charge in [-0.15, -0.1) is 0 Å². The molecule has 0 radical (unpaired) electrons. The van der Waals surface area contributed by atoms with Crippen LogP contribution < -0.4 is 16.4 Å². The van der Waals surface area contributed by atoms with Crippen molar-refractivity contribution in [2.75, 3.05) is 6.54 Å². The van der Waals surface area contributed by atoms with E-state index in [0.717, 1.165) is 27.7 Å². The standard InChI is InChI=1S/C19H21N5O2/c1-12(23-18(25)11-21-19(20)26)16-10-22-24(13(16)2)17-9-5-7-14-6-3-4-8-15(14)17/h3-10,12H,11H2,1-2H3,(H,23,25)(H3,20,21,26)/t12-/m0/s1. The minimum atomic E-state index is -0.729. The Morgan fingerprint density at radius 1 is 1.19 bits per heavy atom. The number of carbonyl (C=O) groups is 2. The molecule has 0 spiro atoms. The summed E-state index contributed by atoms with van der Waals surface area (Å²) in [5.41, 5.74) is 7.81. The van der Waals surface area contributed by atoms with Crippen LogP contribution in [0.3, 0.4) is 0 Å². The number of nitrogens with two attached hydrogens (primary N) is 1. The molecule has 1 aromatic heterocycles. The fourth-order valence-electron chi connectivity index (χ4n) is 3.02. The maximum Gasteiger partial charge on any atom is 0.312 e. The highest BCUT2D eigenvalue weighted by molar-refractivity contribution is 5.90. The average Bonchev–Trinajstić information content (AvgIpc) is 3.01. The van der Waals surface area contributed by atoms with Gasteiger partial charge in [-0.25, -0.2) is 9.48 Å². The molecule has 3 aromatic rings. The first-order chi connectivity index (χ1) is 12.5. The monoisotopic (exact) mass is 351 g/mol. The Kier molecular flexibility index (Phi) is 4.88. The van der Waals surface area contributed by atoms with Gasteiger partial charge in [0.25, 0.3) is 0 Å². The summed E-state index contributed by atoms with van der Waals surface area (Å²) in [6, 6.07) is 13.2. The van der Waals surface area contributed by atoms with E-state index in [1.807, 2.05) is 42.8 Å². The van der Waals surface area contributed by atoms with E-state index < -0.39 is 6.03 Å². The molecule has 0 saturated heterocycles. The van der Waals surface area contributed by atoms with Crippen LogP contribution in [-0.2, 0) is 4.79 Å². The summed E-state index contributed by atoms with van der Waals surface area (Å²) >= 11 is 0. The highest BCUT2D eigenvalue weighted by atomic mass is 16.2. The molecule has 0 unspecified atom stereocenters. The minimum Gasteiger partial charge on any atom is -0.352 e. The van der Waals surface area contributed by atoms with E-state index in [4.69, 9.17) is 5.73 Å². The van der Waals surface area contributed by atoms with E-state index in [1.165, 1.54) is 0 Å². The Hall–Kier alpha value is -3.35. The van der Waals surface area contributed by atoms with Crippen molar-refractivity contribution in [3.8, 4) is 5.69 Å². The second-order valence-electron chi connectivity index (χ2n) is 6.10. The summed E-state index contributed by atoms with van der Waals surface area (Å²) in [4.78, 5) is 22.6. The molecule has 1 heterocycles. The Balaban J connectivity index is 1.86. The van der Waals surface area contributed by atoms with Gasteiger partial charge in [-0.3, -0.25) is 4.79 Å². The number of fused-ring (bicyclic) bond motifs is 1. The molecule has 0 saturated carbocycles. The number of benzene rings is 2. The van der Waals surface area contributed by atoms with Gasteiger partial charge in [-0.05, 0) is 25.3 Å². The van der Waals surface area contributed by atoms with Crippen molar-refractivity contribution in [1.29, 1.82) is 0 Å². The third-order valence-electron chi connectivity index (χ3n) is 4.31. The summed E-state index contributed by atoms with van der Waals surface area (Å²) in [6.07, 6.45) is 1.75. The van der Waals surface area contributed by atoms with Crippen molar-refractivity contribution in [3.63, 3.8) is 0 Å². The Labute approximate surface area is 151 Å². The van der Waals surface area contributed by atoms with Gasteiger partial charge in [0.15, 0.2) is 0 Å². The lowest BCUT2D eigenvalue weighted by Gasteiger charge is -2.15. The second-order valence-corrected chi connectivity index (χ2v) is 6.10. The quantitative estimate of drug-likeness (QED) is 0.656. The summed E-state index contributed by atoms with van der Waals surface area (Å²) in [5.74, 6) is -0.311. The van der Waals surface area contributed by atoms with Crippen molar-refractivity contribution in [2.45, 2.75) is 19.9 Å². The number of hydrogen-bond acceptors (Lipinski definition) is 3. The number of hydrogen-bond donors (Lipinski definition) is 3. The molecule has 0 bridgehead atoms. The van der Waals surface area contributed by atoms with Gasteiger partial charge in [0.05, 0.1) is 24.5 Å². The van der Waals surface area contributed by atoms with Crippen molar-refractivity contribution in [2.24, 2.45) is 5.73 Å². The number of carbonyl (C=O) groups excluding carboxylic acids is 2. The van der Waals surface area contributed by atoms with E-state index in [1.54, 1.807) is 6.20 Å². The lowest BCUT2D eigenvalue weighted by atomic mass is 10.1. The zero-order valence-corrected chi connectivity index (χ0v) is 14.7. The highest BCUT2D eigenvalue weighted by Gasteiger charge is 2.17. The molecule has 1 atom stereocenters. The maximum atomic E-state index is 11.9. The van der Waals surface area contributed by atoms with Crippen molar-refractivity contribution in [1.82, 2.24) is 20.4 Å². The van der Waals surface area contributed by atoms with Crippen LogP contribution in [0.4, 0.5) is 4.79 Å². The van der Waals surface area contributed by atoms with Gasteiger partial charge in [0.1, 0.15) is 0 Å². The SMILES string of the molecule is Cc1c([C@H](C)NC(=O)CNC(N)=O)cnn1-c1cccc2ccccc12. The highest BCUT2D eigenvalue weighted by Crippen LogP contribution is 2.25. The number of amides is 3. The van der Waals surface area contributed by atoms with Crippen LogP contribution in [0.25, 0.3) is 16.5 Å². The first kappa shape index (κ1) is 17.5. The van der Waals surface area contributed by atoms with Crippen LogP contribution >= 0.6 is 0 Å². The van der Waals surface area contributed by atoms with Crippen molar-refractivity contribution < 1.29 is 9.59 Å². The van der Waals surface area contributed by atoms with Gasteiger partial charge < -0.3 is 16.4 Å². The smallest absolute Gasteiger partial charge is 0.312 e. The van der Waals surface area contributed by atoms with E-state index in [-0.39, 0.29) is 18.5 Å². The van der Waals surface area contributed by atoms with E-state index in [2.05, 4.69) is 33.9 Å². The van der Waals surface area contributed by atoms with Crippen molar-refractivity contribution >= 4 is 22.7 Å². The molecular weight excluding hydrogens is 330 g/mol. The largest absolute Gasteiger partial charge is 0.352 e. The summed E-state index contributed by atoms with van der Waals surface area (Å²) in [6.45, 7) is 3.68. The van der Waals surface area contributed by atoms with Gasteiger partial charge >= 0.3 is 6.03 Å².